The van der Waals surface area contributed by atoms with Crippen molar-refractivity contribution in [2.75, 3.05) is 19.6 Å². The first-order chi connectivity index (χ1) is 13.3. The number of aromatic nitrogens is 3. The number of carbonyl (C=O) groups excluding carboxylic acids is 2. The van der Waals surface area contributed by atoms with Crippen LogP contribution in [0.4, 0.5) is 4.79 Å². The maximum atomic E-state index is 13.3. The van der Waals surface area contributed by atoms with E-state index in [-0.39, 0.29) is 18.0 Å². The van der Waals surface area contributed by atoms with Crippen LogP contribution >= 0.6 is 0 Å². The molecule has 0 saturated carbocycles. The van der Waals surface area contributed by atoms with Crippen LogP contribution < -0.4 is 0 Å². The third-order valence-electron chi connectivity index (χ3n) is 4.64. The first-order valence-corrected chi connectivity index (χ1v) is 9.51. The lowest BCUT2D eigenvalue weighted by molar-refractivity contribution is 0.0255. The minimum atomic E-state index is -0.541. The largest absolute Gasteiger partial charge is 0.444 e. The first-order valence-electron chi connectivity index (χ1n) is 9.51. The van der Waals surface area contributed by atoms with E-state index in [9.17, 15) is 9.59 Å². The third kappa shape index (κ3) is 4.49. The highest BCUT2D eigenvalue weighted by atomic mass is 16.6. The molecule has 0 bridgehead atoms. The van der Waals surface area contributed by atoms with Crippen LogP contribution in [0.2, 0.25) is 0 Å². The molecule has 8 heteroatoms. The monoisotopic (exact) mass is 385 g/mol. The number of hydrogen-bond donors (Lipinski definition) is 0. The van der Waals surface area contributed by atoms with Gasteiger partial charge in [0.05, 0.1) is 23.6 Å². The van der Waals surface area contributed by atoms with Crippen molar-refractivity contribution in [3.63, 3.8) is 0 Å². The minimum Gasteiger partial charge on any atom is -0.444 e. The predicted molar refractivity (Wildman–Crippen MR) is 104 cm³/mol. The highest BCUT2D eigenvalue weighted by Gasteiger charge is 2.30. The van der Waals surface area contributed by atoms with Gasteiger partial charge in [-0.15, -0.1) is 0 Å². The molecule has 1 fully saturated rings. The van der Waals surface area contributed by atoms with Gasteiger partial charge in [-0.25, -0.2) is 4.79 Å². The quantitative estimate of drug-likeness (QED) is 0.794. The zero-order chi connectivity index (χ0) is 20.3. The minimum absolute atomic E-state index is 0.00132. The van der Waals surface area contributed by atoms with Crippen LogP contribution in [0.3, 0.4) is 0 Å². The highest BCUT2D eigenvalue weighted by molar-refractivity contribution is 5.98. The predicted octanol–water partition coefficient (Wildman–Crippen LogP) is 2.74. The molecule has 1 atom stereocenters. The molecule has 150 valence electrons. The molecule has 2 amide bonds. The zero-order valence-corrected chi connectivity index (χ0v) is 16.8. The van der Waals surface area contributed by atoms with Gasteiger partial charge in [0.1, 0.15) is 5.60 Å². The fourth-order valence-electron chi connectivity index (χ4n) is 3.19. The van der Waals surface area contributed by atoms with E-state index in [1.54, 1.807) is 23.4 Å². The molecule has 28 heavy (non-hydrogen) atoms. The number of benzene rings is 1. The summed E-state index contributed by atoms with van der Waals surface area (Å²) >= 11 is 0. The number of nitrogens with zero attached hydrogens (tertiary/aromatic N) is 5. The molecule has 0 radical (unpaired) electrons. The Labute approximate surface area is 165 Å². The van der Waals surface area contributed by atoms with Gasteiger partial charge in [0, 0.05) is 25.7 Å². The summed E-state index contributed by atoms with van der Waals surface area (Å²) in [6.07, 6.45) is 3.51. The third-order valence-corrected chi connectivity index (χ3v) is 4.64. The lowest BCUT2D eigenvalue weighted by Crippen LogP contribution is -2.41. The van der Waals surface area contributed by atoms with Crippen LogP contribution in [0.25, 0.3) is 5.69 Å². The van der Waals surface area contributed by atoms with E-state index in [1.165, 1.54) is 4.80 Å². The van der Waals surface area contributed by atoms with Crippen molar-refractivity contribution in [2.45, 2.75) is 45.8 Å². The van der Waals surface area contributed by atoms with Crippen LogP contribution in [-0.2, 0) is 4.74 Å². The number of carbonyl (C=O) groups is 2. The van der Waals surface area contributed by atoms with Crippen molar-refractivity contribution in [1.82, 2.24) is 24.8 Å². The van der Waals surface area contributed by atoms with Gasteiger partial charge in [-0.1, -0.05) is 12.1 Å². The van der Waals surface area contributed by atoms with E-state index < -0.39 is 5.60 Å². The van der Waals surface area contributed by atoms with Gasteiger partial charge >= 0.3 is 6.09 Å². The summed E-state index contributed by atoms with van der Waals surface area (Å²) < 4.78 is 5.48. The van der Waals surface area contributed by atoms with Crippen LogP contribution in [-0.4, -0.2) is 68.1 Å². The fraction of sp³-hybridized carbons (Fsp3) is 0.500. The molecule has 2 aromatic rings. The second-order valence-electron chi connectivity index (χ2n) is 7.94. The number of hydrogen-bond acceptors (Lipinski definition) is 5. The second kappa shape index (κ2) is 8.00. The SMILES string of the molecule is CC1CCN(C(=O)OC(C)(C)C)CCN1C(=O)c1ccccc1-n1nccn1. The maximum absolute atomic E-state index is 13.3. The topological polar surface area (TPSA) is 80.6 Å². The van der Waals surface area contributed by atoms with E-state index in [1.807, 2.05) is 50.8 Å². The van der Waals surface area contributed by atoms with Crippen LogP contribution in [0.1, 0.15) is 44.5 Å². The first kappa shape index (κ1) is 19.9. The molecule has 2 heterocycles. The van der Waals surface area contributed by atoms with Gasteiger partial charge < -0.3 is 14.5 Å². The van der Waals surface area contributed by atoms with Crippen molar-refractivity contribution in [3.05, 3.63) is 42.2 Å². The molecule has 8 nitrogen and oxygen atoms in total. The number of amides is 2. The fourth-order valence-corrected chi connectivity index (χ4v) is 3.19. The van der Waals surface area contributed by atoms with Crippen molar-refractivity contribution >= 4 is 12.0 Å². The van der Waals surface area contributed by atoms with Crippen molar-refractivity contribution < 1.29 is 14.3 Å². The van der Waals surface area contributed by atoms with Crippen molar-refractivity contribution in [3.8, 4) is 5.69 Å². The Bertz CT molecular complexity index is 829. The Morgan fingerprint density at radius 3 is 2.43 bits per heavy atom. The van der Waals surface area contributed by atoms with Gasteiger partial charge in [-0.2, -0.15) is 15.0 Å². The summed E-state index contributed by atoms with van der Waals surface area (Å²) in [6, 6.07) is 7.28. The molecule has 0 spiro atoms. The van der Waals surface area contributed by atoms with Gasteiger partial charge in [0.15, 0.2) is 0 Å². The summed E-state index contributed by atoms with van der Waals surface area (Å²) in [5.41, 5.74) is 0.634. The smallest absolute Gasteiger partial charge is 0.410 e. The molecule has 1 aromatic heterocycles. The molecule has 1 aliphatic heterocycles. The zero-order valence-electron chi connectivity index (χ0n) is 16.8. The Balaban J connectivity index is 1.77. The van der Waals surface area contributed by atoms with E-state index in [2.05, 4.69) is 10.2 Å². The van der Waals surface area contributed by atoms with Gasteiger partial charge in [-0.05, 0) is 46.2 Å². The van der Waals surface area contributed by atoms with E-state index in [4.69, 9.17) is 4.74 Å². The van der Waals surface area contributed by atoms with Crippen molar-refractivity contribution in [2.24, 2.45) is 0 Å². The average Bonchev–Trinajstić information content (AvgIpc) is 3.09. The molecule has 1 aromatic carbocycles. The molecular weight excluding hydrogens is 358 g/mol. The Kier molecular flexibility index (Phi) is 5.67. The van der Waals surface area contributed by atoms with Crippen LogP contribution in [0.5, 0.6) is 0 Å². The van der Waals surface area contributed by atoms with E-state index in [0.717, 1.165) is 0 Å². The lowest BCUT2D eigenvalue weighted by atomic mass is 10.1. The average molecular weight is 385 g/mol. The molecule has 1 unspecified atom stereocenters. The van der Waals surface area contributed by atoms with Crippen LogP contribution in [0.15, 0.2) is 36.7 Å². The normalized spacial score (nSPS) is 17.9. The molecule has 1 aliphatic rings. The molecule has 3 rings (SSSR count). The van der Waals surface area contributed by atoms with Crippen molar-refractivity contribution in [1.29, 1.82) is 0 Å². The summed E-state index contributed by atoms with van der Waals surface area (Å²) in [6.45, 7) is 8.99. The van der Waals surface area contributed by atoms with Gasteiger partial charge in [-0.3, -0.25) is 4.79 Å². The number of para-hydroxylation sites is 1. The standard InChI is InChI=1S/C20H27N5O3/c1-15-9-12-23(19(27)28-20(2,3)4)13-14-24(15)18(26)16-7-5-6-8-17(16)25-21-10-11-22-25/h5-8,10-11,15H,9,12-14H2,1-4H3. The maximum Gasteiger partial charge on any atom is 0.410 e. The van der Waals surface area contributed by atoms with Crippen LogP contribution in [0, 0.1) is 0 Å². The molecular formula is C20H27N5O3. The Morgan fingerprint density at radius 1 is 1.07 bits per heavy atom. The van der Waals surface area contributed by atoms with Gasteiger partial charge in [0.25, 0.3) is 5.91 Å². The molecule has 0 N–H and O–H groups in total. The number of rotatable bonds is 2. The molecule has 1 saturated heterocycles. The summed E-state index contributed by atoms with van der Waals surface area (Å²) in [4.78, 5) is 30.7. The van der Waals surface area contributed by atoms with E-state index in [0.29, 0.717) is 37.3 Å². The molecule has 0 aliphatic carbocycles. The Hall–Kier alpha value is -2.90. The summed E-state index contributed by atoms with van der Waals surface area (Å²) in [5, 5.41) is 8.29. The highest BCUT2D eigenvalue weighted by Crippen LogP contribution is 2.20. The summed E-state index contributed by atoms with van der Waals surface area (Å²) in [7, 11) is 0. The van der Waals surface area contributed by atoms with Gasteiger partial charge in [0.2, 0.25) is 0 Å². The second-order valence-corrected chi connectivity index (χ2v) is 7.94. The Morgan fingerprint density at radius 2 is 1.75 bits per heavy atom. The lowest BCUT2D eigenvalue weighted by Gasteiger charge is -2.28. The van der Waals surface area contributed by atoms with E-state index >= 15 is 0 Å². The summed E-state index contributed by atoms with van der Waals surface area (Å²) in [5.74, 6) is -0.0913. The number of ether oxygens (including phenoxy) is 1.